The van der Waals surface area contributed by atoms with Crippen LogP contribution in [-0.4, -0.2) is 41.9 Å². The Kier molecular flexibility index (Phi) is 10.4. The van der Waals surface area contributed by atoms with E-state index in [1.54, 1.807) is 6.92 Å². The molecule has 5 rings (SSSR count). The summed E-state index contributed by atoms with van der Waals surface area (Å²) in [6.45, 7) is 44.8. The van der Waals surface area contributed by atoms with E-state index in [-0.39, 0.29) is 49.2 Å². The molecule has 5 aliphatic rings. The molecular weight excluding hydrogens is 649 g/mol. The van der Waals surface area contributed by atoms with Crippen LogP contribution in [0.2, 0.25) is 36.3 Å². The molecule has 0 aromatic rings. The van der Waals surface area contributed by atoms with Gasteiger partial charge in [-0.15, -0.1) is 0 Å². The van der Waals surface area contributed by atoms with E-state index in [1.165, 1.54) is 63.4 Å². The molecule has 5 saturated carbocycles. The number of carbonyl (C=O) groups excluding carboxylic acids is 1. The molecule has 0 amide bonds. The van der Waals surface area contributed by atoms with Crippen molar-refractivity contribution in [3.63, 3.8) is 0 Å². The monoisotopic (exact) mass is 729 g/mol. The fraction of sp³-hybridized carbons (Fsp3) is 0.932. The van der Waals surface area contributed by atoms with Crippen molar-refractivity contribution in [2.45, 2.75) is 190 Å². The highest BCUT2D eigenvalue weighted by Gasteiger charge is 2.72. The predicted molar refractivity (Wildman–Crippen MR) is 215 cm³/mol. The second kappa shape index (κ2) is 12.8. The van der Waals surface area contributed by atoms with E-state index in [0.717, 1.165) is 13.0 Å². The van der Waals surface area contributed by atoms with Gasteiger partial charge in [-0.25, -0.2) is 0 Å². The molecule has 0 aromatic heterocycles. The number of esters is 1. The van der Waals surface area contributed by atoms with E-state index >= 15 is 0 Å². The fourth-order valence-electron chi connectivity index (χ4n) is 13.0. The van der Waals surface area contributed by atoms with E-state index in [1.807, 2.05) is 0 Å². The molecule has 0 aromatic carbocycles. The normalized spacial score (nSPS) is 43.7. The summed E-state index contributed by atoms with van der Waals surface area (Å²) in [6.07, 6.45) is 12.7. The predicted octanol–water partition coefficient (Wildman–Crippen LogP) is 12.6. The van der Waals surface area contributed by atoms with E-state index < -0.39 is 16.6 Å². The molecule has 5 aliphatic carbocycles. The quantitative estimate of drug-likeness (QED) is 0.142. The number of allylic oxidation sites excluding steroid dienone is 1. The summed E-state index contributed by atoms with van der Waals surface area (Å²) < 4.78 is 20.7. The first-order valence-corrected chi connectivity index (χ1v) is 26.5. The molecule has 0 aliphatic heterocycles. The Hall–Kier alpha value is -0.436. The largest absolute Gasteiger partial charge is 0.465 e. The zero-order valence-electron chi connectivity index (χ0n) is 35.8. The van der Waals surface area contributed by atoms with Gasteiger partial charge >= 0.3 is 5.97 Å². The number of rotatable bonds is 8. The van der Waals surface area contributed by atoms with Crippen molar-refractivity contribution in [2.75, 3.05) is 13.2 Å². The van der Waals surface area contributed by atoms with Crippen LogP contribution >= 0.6 is 0 Å². The summed E-state index contributed by atoms with van der Waals surface area (Å²) in [5.74, 6) is 2.92. The van der Waals surface area contributed by atoms with Crippen LogP contribution in [0.1, 0.15) is 147 Å². The SMILES string of the molecule is C=C(C)C1CC[C@]2(COC(C)=O)CC[C@]3(C)C(CCC4[C@@]5(C)CC[C@H](O[Si](C)(C)C(C)(C)C)[C@@](C)(CO[Si](C)(C)C(C)(C)C)C5CC[C@]43C)C12. The van der Waals surface area contributed by atoms with Gasteiger partial charge in [0.15, 0.2) is 16.6 Å². The van der Waals surface area contributed by atoms with Crippen LogP contribution in [0.5, 0.6) is 0 Å². The Labute approximate surface area is 311 Å². The Bertz CT molecular complexity index is 1310. The van der Waals surface area contributed by atoms with Crippen molar-refractivity contribution in [1.82, 2.24) is 0 Å². The van der Waals surface area contributed by atoms with E-state index in [4.69, 9.17) is 13.6 Å². The van der Waals surface area contributed by atoms with Gasteiger partial charge in [0.05, 0.1) is 12.7 Å². The molecule has 0 bridgehead atoms. The van der Waals surface area contributed by atoms with Gasteiger partial charge < -0.3 is 13.6 Å². The molecule has 11 atom stereocenters. The molecule has 0 N–H and O–H groups in total. The van der Waals surface area contributed by atoms with Crippen molar-refractivity contribution in [3.05, 3.63) is 12.2 Å². The van der Waals surface area contributed by atoms with Gasteiger partial charge in [0.2, 0.25) is 0 Å². The van der Waals surface area contributed by atoms with Crippen LogP contribution in [0.4, 0.5) is 0 Å². The minimum atomic E-state index is -1.99. The van der Waals surface area contributed by atoms with Gasteiger partial charge in [-0.3, -0.25) is 4.79 Å². The maximum absolute atomic E-state index is 12.1. The van der Waals surface area contributed by atoms with Crippen molar-refractivity contribution in [2.24, 2.45) is 56.7 Å². The van der Waals surface area contributed by atoms with Crippen LogP contribution in [-0.2, 0) is 18.4 Å². The van der Waals surface area contributed by atoms with Gasteiger partial charge in [-0.1, -0.05) is 81.4 Å². The summed E-state index contributed by atoms with van der Waals surface area (Å²) in [4.78, 5) is 12.1. The average molecular weight is 729 g/mol. The highest BCUT2D eigenvalue weighted by atomic mass is 28.4. The fourth-order valence-corrected chi connectivity index (χ4v) is 15.6. The van der Waals surface area contributed by atoms with Gasteiger partial charge in [0, 0.05) is 24.4 Å². The third kappa shape index (κ3) is 6.24. The van der Waals surface area contributed by atoms with Gasteiger partial charge in [0.25, 0.3) is 0 Å². The van der Waals surface area contributed by atoms with Crippen molar-refractivity contribution in [3.8, 4) is 0 Å². The van der Waals surface area contributed by atoms with E-state index in [0.29, 0.717) is 36.2 Å². The van der Waals surface area contributed by atoms with Crippen LogP contribution in [0.3, 0.4) is 0 Å². The molecule has 0 spiro atoms. The number of hydrogen-bond acceptors (Lipinski definition) is 4. The number of ether oxygens (including phenoxy) is 1. The summed E-state index contributed by atoms with van der Waals surface area (Å²) in [7, 11) is -3.95. The summed E-state index contributed by atoms with van der Waals surface area (Å²) >= 11 is 0. The molecular formula is C44H80O4Si2. The summed E-state index contributed by atoms with van der Waals surface area (Å²) in [5.41, 5.74) is 2.27. The highest BCUT2D eigenvalue weighted by molar-refractivity contribution is 6.74. The minimum absolute atomic E-state index is 0.0145. The van der Waals surface area contributed by atoms with E-state index in [9.17, 15) is 4.79 Å². The molecule has 0 heterocycles. The molecule has 0 radical (unpaired) electrons. The first-order chi connectivity index (χ1) is 22.6. The Morgan fingerprint density at radius 3 is 1.90 bits per heavy atom. The molecule has 5 unspecified atom stereocenters. The molecule has 288 valence electrons. The van der Waals surface area contributed by atoms with Crippen molar-refractivity contribution in [1.29, 1.82) is 0 Å². The van der Waals surface area contributed by atoms with Gasteiger partial charge in [-0.2, -0.15) is 0 Å². The van der Waals surface area contributed by atoms with Crippen LogP contribution in [0, 0.1) is 56.7 Å². The Morgan fingerprint density at radius 1 is 0.720 bits per heavy atom. The van der Waals surface area contributed by atoms with Crippen LogP contribution in [0.25, 0.3) is 0 Å². The molecule has 0 saturated heterocycles. The van der Waals surface area contributed by atoms with Crippen LogP contribution < -0.4 is 0 Å². The van der Waals surface area contributed by atoms with E-state index in [2.05, 4.69) is 109 Å². The summed E-state index contributed by atoms with van der Waals surface area (Å²) in [6, 6.07) is 0. The first-order valence-electron chi connectivity index (χ1n) is 20.7. The standard InChI is InChI=1S/C44H80O4Si2/c1-30(2)32-20-25-44(29-46-31(3)45)27-26-42(12)33(37(32)44)18-19-35-40(10)23-22-36(48-50(16,17)39(7,8)9)41(11,34(40)21-24-43(35,42)13)28-47-49(14,15)38(4,5)6/h32-37H,1,18-29H2,2-17H3/t32?,33?,34?,35?,36-,37?,40-,41-,42+,43+,44+/m0/s1. The lowest BCUT2D eigenvalue weighted by atomic mass is 9.32. The topological polar surface area (TPSA) is 44.8 Å². The highest BCUT2D eigenvalue weighted by Crippen LogP contribution is 2.78. The lowest BCUT2D eigenvalue weighted by Crippen LogP contribution is -2.68. The zero-order valence-corrected chi connectivity index (χ0v) is 37.8. The Morgan fingerprint density at radius 2 is 1.34 bits per heavy atom. The molecule has 50 heavy (non-hydrogen) atoms. The second-order valence-electron chi connectivity index (χ2n) is 22.8. The van der Waals surface area contributed by atoms with Crippen LogP contribution in [0.15, 0.2) is 12.2 Å². The molecule has 5 fully saturated rings. The first kappa shape index (κ1) is 40.7. The van der Waals surface area contributed by atoms with Gasteiger partial charge in [0.1, 0.15) is 0 Å². The minimum Gasteiger partial charge on any atom is -0.465 e. The average Bonchev–Trinajstić information content (AvgIpc) is 3.36. The lowest BCUT2D eigenvalue weighted by Gasteiger charge is -2.73. The molecule has 6 heteroatoms. The van der Waals surface area contributed by atoms with Gasteiger partial charge in [-0.05, 0) is 153 Å². The third-order valence-corrected chi connectivity index (χ3v) is 27.3. The zero-order chi connectivity index (χ0) is 37.7. The third-order valence-electron chi connectivity index (χ3n) is 18.3. The molecule has 4 nitrogen and oxygen atoms in total. The van der Waals surface area contributed by atoms with Crippen molar-refractivity contribution < 1.29 is 18.4 Å². The second-order valence-corrected chi connectivity index (χ2v) is 32.4. The number of hydrogen-bond donors (Lipinski definition) is 0. The Balaban J connectivity index is 1.52. The maximum atomic E-state index is 12.1. The number of carbonyl (C=O) groups is 1. The smallest absolute Gasteiger partial charge is 0.302 e. The van der Waals surface area contributed by atoms with Crippen molar-refractivity contribution >= 4 is 22.6 Å². The number of fused-ring (bicyclic) bond motifs is 7. The maximum Gasteiger partial charge on any atom is 0.302 e. The lowest BCUT2D eigenvalue weighted by molar-refractivity contribution is -0.254. The summed E-state index contributed by atoms with van der Waals surface area (Å²) in [5, 5.41) is 0.364.